The topological polar surface area (TPSA) is 32.3 Å². The first-order chi connectivity index (χ1) is 9.26. The van der Waals surface area contributed by atoms with E-state index in [1.165, 1.54) is 0 Å². The van der Waals surface area contributed by atoms with Gasteiger partial charge < -0.3 is 10.2 Å². The van der Waals surface area contributed by atoms with Gasteiger partial charge in [-0.15, -0.1) is 0 Å². The van der Waals surface area contributed by atoms with Gasteiger partial charge in [-0.3, -0.25) is 4.79 Å². The quantitative estimate of drug-likeness (QED) is 0.918. The molecule has 1 heterocycles. The highest BCUT2D eigenvalue weighted by atomic mass is 32.2. The third-order valence-corrected chi connectivity index (χ3v) is 4.78. The summed E-state index contributed by atoms with van der Waals surface area (Å²) in [5, 5.41) is 3.86. The molecule has 1 aliphatic rings. The summed E-state index contributed by atoms with van der Waals surface area (Å²) >= 11 is 1.98. The number of nitrogens with zero attached hydrogens (tertiary/aromatic N) is 1. The molecule has 1 amide bonds. The standard InChI is InChI=1S/C15H22N2OS/c1-3-12-11-17(9-10-19-12)15(18)13-7-5-6-8-14(13)16-4-2/h5-8,12,16H,3-4,9-11H2,1-2H3. The van der Waals surface area contributed by atoms with Gasteiger partial charge >= 0.3 is 0 Å². The molecule has 2 rings (SSSR count). The van der Waals surface area contributed by atoms with Crippen LogP contribution in [0.4, 0.5) is 5.69 Å². The van der Waals surface area contributed by atoms with E-state index in [1.807, 2.05) is 47.9 Å². The van der Waals surface area contributed by atoms with Crippen molar-refractivity contribution in [2.75, 3.05) is 30.7 Å². The van der Waals surface area contributed by atoms with Crippen molar-refractivity contribution in [3.63, 3.8) is 0 Å². The van der Waals surface area contributed by atoms with Crippen LogP contribution in [0.2, 0.25) is 0 Å². The maximum Gasteiger partial charge on any atom is 0.256 e. The number of nitrogens with one attached hydrogen (secondary N) is 1. The van der Waals surface area contributed by atoms with Crippen LogP contribution in [0.1, 0.15) is 30.6 Å². The summed E-state index contributed by atoms with van der Waals surface area (Å²) in [5.41, 5.74) is 1.74. The van der Waals surface area contributed by atoms with Gasteiger partial charge in [-0.05, 0) is 25.5 Å². The van der Waals surface area contributed by atoms with Crippen molar-refractivity contribution in [2.24, 2.45) is 0 Å². The summed E-state index contributed by atoms with van der Waals surface area (Å²) in [6.45, 7) is 6.81. The van der Waals surface area contributed by atoms with E-state index in [1.54, 1.807) is 0 Å². The molecule has 19 heavy (non-hydrogen) atoms. The molecule has 0 aromatic heterocycles. The number of carbonyl (C=O) groups is 1. The van der Waals surface area contributed by atoms with Gasteiger partial charge in [-0.1, -0.05) is 19.1 Å². The Kier molecular flexibility index (Phi) is 5.14. The zero-order valence-electron chi connectivity index (χ0n) is 11.7. The maximum absolute atomic E-state index is 12.6. The number of thioether (sulfide) groups is 1. The fourth-order valence-electron chi connectivity index (χ4n) is 2.34. The molecule has 1 fully saturated rings. The Hall–Kier alpha value is -1.16. The molecule has 1 saturated heterocycles. The first kappa shape index (κ1) is 14.3. The van der Waals surface area contributed by atoms with E-state index in [-0.39, 0.29) is 5.91 Å². The van der Waals surface area contributed by atoms with Gasteiger partial charge in [0.15, 0.2) is 0 Å². The molecular formula is C15H22N2OS. The normalized spacial score (nSPS) is 19.3. The fraction of sp³-hybridized carbons (Fsp3) is 0.533. The lowest BCUT2D eigenvalue weighted by Gasteiger charge is -2.32. The molecule has 0 aliphatic carbocycles. The van der Waals surface area contributed by atoms with E-state index in [2.05, 4.69) is 12.2 Å². The number of amides is 1. The van der Waals surface area contributed by atoms with Gasteiger partial charge in [-0.2, -0.15) is 11.8 Å². The molecule has 0 saturated carbocycles. The zero-order valence-corrected chi connectivity index (χ0v) is 12.5. The van der Waals surface area contributed by atoms with E-state index in [0.29, 0.717) is 5.25 Å². The highest BCUT2D eigenvalue weighted by molar-refractivity contribution is 8.00. The second-order valence-corrected chi connectivity index (χ2v) is 6.14. The Balaban J connectivity index is 2.14. The Labute approximate surface area is 119 Å². The molecule has 1 atom stereocenters. The molecular weight excluding hydrogens is 256 g/mol. The first-order valence-electron chi connectivity index (χ1n) is 7.00. The minimum atomic E-state index is 0.162. The number of carbonyl (C=O) groups excluding carboxylic acids is 1. The fourth-order valence-corrected chi connectivity index (χ4v) is 3.52. The highest BCUT2D eigenvalue weighted by Crippen LogP contribution is 2.24. The van der Waals surface area contributed by atoms with Crippen molar-refractivity contribution < 1.29 is 4.79 Å². The summed E-state index contributed by atoms with van der Waals surface area (Å²) < 4.78 is 0. The predicted molar refractivity (Wildman–Crippen MR) is 83.0 cm³/mol. The van der Waals surface area contributed by atoms with Crippen molar-refractivity contribution in [2.45, 2.75) is 25.5 Å². The molecule has 4 heteroatoms. The van der Waals surface area contributed by atoms with Crippen LogP contribution in [0.5, 0.6) is 0 Å². The third-order valence-electron chi connectivity index (χ3n) is 3.41. The second kappa shape index (κ2) is 6.85. The van der Waals surface area contributed by atoms with Crippen molar-refractivity contribution in [3.8, 4) is 0 Å². The van der Waals surface area contributed by atoms with E-state index >= 15 is 0 Å². The molecule has 0 radical (unpaired) electrons. The van der Waals surface area contributed by atoms with Crippen LogP contribution in [0.3, 0.4) is 0 Å². The maximum atomic E-state index is 12.6. The van der Waals surface area contributed by atoms with E-state index < -0.39 is 0 Å². The molecule has 104 valence electrons. The Bertz CT molecular complexity index is 436. The Morgan fingerprint density at radius 3 is 2.95 bits per heavy atom. The summed E-state index contributed by atoms with van der Waals surface area (Å²) in [5.74, 6) is 1.21. The molecule has 1 aromatic rings. The molecule has 0 bridgehead atoms. The van der Waals surface area contributed by atoms with Gasteiger partial charge in [-0.25, -0.2) is 0 Å². The molecule has 1 unspecified atom stereocenters. The number of hydrogen-bond donors (Lipinski definition) is 1. The van der Waals surface area contributed by atoms with Crippen LogP contribution < -0.4 is 5.32 Å². The summed E-state index contributed by atoms with van der Waals surface area (Å²) in [6, 6.07) is 7.80. The van der Waals surface area contributed by atoms with Gasteiger partial charge in [0.1, 0.15) is 0 Å². The molecule has 1 aliphatic heterocycles. The van der Waals surface area contributed by atoms with Crippen molar-refractivity contribution in [1.29, 1.82) is 0 Å². The highest BCUT2D eigenvalue weighted by Gasteiger charge is 2.25. The number of benzene rings is 1. The SMILES string of the molecule is CCNc1ccccc1C(=O)N1CCSC(CC)C1. The largest absolute Gasteiger partial charge is 0.385 e. The number of para-hydroxylation sites is 1. The average molecular weight is 278 g/mol. The summed E-state index contributed by atoms with van der Waals surface area (Å²) in [4.78, 5) is 14.6. The summed E-state index contributed by atoms with van der Waals surface area (Å²) in [7, 11) is 0. The molecule has 0 spiro atoms. The van der Waals surface area contributed by atoms with Gasteiger partial charge in [0.2, 0.25) is 0 Å². The lowest BCUT2D eigenvalue weighted by atomic mass is 10.1. The molecule has 1 aromatic carbocycles. The van der Waals surface area contributed by atoms with E-state index in [4.69, 9.17) is 0 Å². The Morgan fingerprint density at radius 1 is 1.42 bits per heavy atom. The minimum Gasteiger partial charge on any atom is -0.385 e. The van der Waals surface area contributed by atoms with Crippen LogP contribution in [0.25, 0.3) is 0 Å². The van der Waals surface area contributed by atoms with Crippen molar-refractivity contribution >= 4 is 23.4 Å². The van der Waals surface area contributed by atoms with Crippen LogP contribution in [-0.4, -0.2) is 41.4 Å². The number of anilines is 1. The van der Waals surface area contributed by atoms with Gasteiger partial charge in [0.05, 0.1) is 5.56 Å². The van der Waals surface area contributed by atoms with E-state index in [9.17, 15) is 4.79 Å². The molecule has 1 N–H and O–H groups in total. The molecule has 3 nitrogen and oxygen atoms in total. The zero-order chi connectivity index (χ0) is 13.7. The summed E-state index contributed by atoms with van der Waals surface area (Å²) in [6.07, 6.45) is 1.13. The van der Waals surface area contributed by atoms with Gasteiger partial charge in [0, 0.05) is 36.3 Å². The monoisotopic (exact) mass is 278 g/mol. The smallest absolute Gasteiger partial charge is 0.256 e. The van der Waals surface area contributed by atoms with Crippen molar-refractivity contribution in [3.05, 3.63) is 29.8 Å². The predicted octanol–water partition coefficient (Wildman–Crippen LogP) is 3.09. The third kappa shape index (κ3) is 3.44. The van der Waals surface area contributed by atoms with Crippen molar-refractivity contribution in [1.82, 2.24) is 4.90 Å². The number of hydrogen-bond acceptors (Lipinski definition) is 3. The second-order valence-electron chi connectivity index (χ2n) is 4.73. The van der Waals surface area contributed by atoms with Crippen LogP contribution in [0, 0.1) is 0 Å². The van der Waals surface area contributed by atoms with Gasteiger partial charge in [0.25, 0.3) is 5.91 Å². The van der Waals surface area contributed by atoms with Crippen LogP contribution in [-0.2, 0) is 0 Å². The minimum absolute atomic E-state index is 0.162. The average Bonchev–Trinajstić information content (AvgIpc) is 2.47. The lowest BCUT2D eigenvalue weighted by Crippen LogP contribution is -2.42. The Morgan fingerprint density at radius 2 is 2.21 bits per heavy atom. The van der Waals surface area contributed by atoms with Crippen LogP contribution in [0.15, 0.2) is 24.3 Å². The number of rotatable bonds is 4. The lowest BCUT2D eigenvalue weighted by molar-refractivity contribution is 0.0762. The first-order valence-corrected chi connectivity index (χ1v) is 8.04. The van der Waals surface area contributed by atoms with Crippen LogP contribution >= 0.6 is 11.8 Å². The van der Waals surface area contributed by atoms with E-state index in [0.717, 1.165) is 43.1 Å².